The predicted molar refractivity (Wildman–Crippen MR) is 85.5 cm³/mol. The summed E-state index contributed by atoms with van der Waals surface area (Å²) < 4.78 is 17.7. The number of nitrogens with one attached hydrogen (secondary N) is 1. The molecule has 0 spiro atoms. The van der Waals surface area contributed by atoms with Gasteiger partial charge in [-0.25, -0.2) is 4.39 Å². The third-order valence-corrected chi connectivity index (χ3v) is 4.46. The summed E-state index contributed by atoms with van der Waals surface area (Å²) >= 11 is 7.12. The molecule has 0 aliphatic rings. The van der Waals surface area contributed by atoms with Crippen LogP contribution in [0.5, 0.6) is 0 Å². The van der Waals surface area contributed by atoms with Crippen molar-refractivity contribution in [2.24, 2.45) is 0 Å². The largest absolute Gasteiger partial charge is 0.312 e. The third-order valence-electron chi connectivity index (χ3n) is 3.31. The SMILES string of the molecule is CNC(Cc1ccc(Cl)c(F)c1)c1snnc1C(C)(C)C. The van der Waals surface area contributed by atoms with E-state index in [1.54, 1.807) is 6.07 Å². The fourth-order valence-corrected chi connectivity index (χ4v) is 3.26. The second-order valence-corrected chi connectivity index (χ2v) is 7.22. The highest BCUT2D eigenvalue weighted by molar-refractivity contribution is 7.05. The van der Waals surface area contributed by atoms with Crippen LogP contribution in [-0.4, -0.2) is 16.6 Å². The summed E-state index contributed by atoms with van der Waals surface area (Å²) in [5, 5.41) is 7.69. The smallest absolute Gasteiger partial charge is 0.142 e. The zero-order valence-corrected chi connectivity index (χ0v) is 14.1. The maximum atomic E-state index is 13.6. The first-order chi connectivity index (χ1) is 9.82. The van der Waals surface area contributed by atoms with Gasteiger partial charge in [0.1, 0.15) is 5.82 Å². The molecule has 0 radical (unpaired) electrons. The summed E-state index contributed by atoms with van der Waals surface area (Å²) in [5.41, 5.74) is 1.81. The Balaban J connectivity index is 2.28. The lowest BCUT2D eigenvalue weighted by Crippen LogP contribution is -2.23. The molecule has 1 heterocycles. The number of halogens is 2. The van der Waals surface area contributed by atoms with Gasteiger partial charge in [0.15, 0.2) is 0 Å². The number of likely N-dealkylation sites (N-methyl/N-ethyl adjacent to an activating group) is 1. The van der Waals surface area contributed by atoms with E-state index in [1.165, 1.54) is 17.6 Å². The van der Waals surface area contributed by atoms with Crippen LogP contribution < -0.4 is 5.32 Å². The van der Waals surface area contributed by atoms with Crippen LogP contribution in [-0.2, 0) is 11.8 Å². The van der Waals surface area contributed by atoms with Crippen molar-refractivity contribution in [1.29, 1.82) is 0 Å². The molecule has 0 amide bonds. The van der Waals surface area contributed by atoms with E-state index in [-0.39, 0.29) is 22.3 Å². The number of hydrogen-bond donors (Lipinski definition) is 1. The molecule has 0 saturated carbocycles. The third kappa shape index (κ3) is 3.78. The summed E-state index contributed by atoms with van der Waals surface area (Å²) in [4.78, 5) is 1.10. The fraction of sp³-hybridized carbons (Fsp3) is 0.467. The minimum atomic E-state index is -0.387. The molecule has 2 rings (SSSR count). The topological polar surface area (TPSA) is 37.8 Å². The van der Waals surface area contributed by atoms with Crippen LogP contribution in [0.3, 0.4) is 0 Å². The van der Waals surface area contributed by atoms with E-state index in [2.05, 4.69) is 35.7 Å². The van der Waals surface area contributed by atoms with Gasteiger partial charge in [-0.3, -0.25) is 0 Å². The lowest BCUT2D eigenvalue weighted by atomic mass is 9.89. The standard InChI is InChI=1S/C15H19ClFN3S/c1-15(2,3)14-13(21-20-19-14)12(18-4)8-9-5-6-10(16)11(17)7-9/h5-7,12,18H,8H2,1-4H3. The van der Waals surface area contributed by atoms with E-state index < -0.39 is 0 Å². The van der Waals surface area contributed by atoms with Gasteiger partial charge >= 0.3 is 0 Å². The first-order valence-corrected chi connectivity index (χ1v) is 7.92. The highest BCUT2D eigenvalue weighted by atomic mass is 35.5. The van der Waals surface area contributed by atoms with Gasteiger partial charge in [-0.15, -0.1) is 5.10 Å². The van der Waals surface area contributed by atoms with E-state index in [0.717, 1.165) is 16.1 Å². The Hall–Kier alpha value is -1.04. The summed E-state index contributed by atoms with van der Waals surface area (Å²) in [6, 6.07) is 4.98. The first-order valence-electron chi connectivity index (χ1n) is 6.77. The van der Waals surface area contributed by atoms with Gasteiger partial charge in [-0.2, -0.15) is 0 Å². The number of nitrogens with zero attached hydrogens (tertiary/aromatic N) is 2. The average Bonchev–Trinajstić information content (AvgIpc) is 2.89. The summed E-state index contributed by atoms with van der Waals surface area (Å²) in [6.45, 7) is 6.34. The van der Waals surface area contributed by atoms with Crippen molar-refractivity contribution >= 4 is 23.1 Å². The molecule has 0 aliphatic carbocycles. The zero-order chi connectivity index (χ0) is 15.6. The fourth-order valence-electron chi connectivity index (χ4n) is 2.17. The molecule has 114 valence electrons. The maximum absolute atomic E-state index is 13.6. The van der Waals surface area contributed by atoms with Crippen molar-refractivity contribution < 1.29 is 4.39 Å². The van der Waals surface area contributed by atoms with Crippen molar-refractivity contribution in [2.45, 2.75) is 38.6 Å². The lowest BCUT2D eigenvalue weighted by molar-refractivity contribution is 0.529. The number of benzene rings is 1. The van der Waals surface area contributed by atoms with Crippen LogP contribution in [0.4, 0.5) is 4.39 Å². The Morgan fingerprint density at radius 3 is 2.67 bits per heavy atom. The normalized spacial score (nSPS) is 13.4. The van der Waals surface area contributed by atoms with E-state index in [0.29, 0.717) is 6.42 Å². The Bertz CT molecular complexity index is 622. The van der Waals surface area contributed by atoms with Gasteiger partial charge in [-0.1, -0.05) is 42.9 Å². The summed E-state index contributed by atoms with van der Waals surface area (Å²) in [5.74, 6) is -0.387. The van der Waals surface area contributed by atoms with Gasteiger partial charge in [-0.05, 0) is 42.7 Å². The molecule has 6 heteroatoms. The van der Waals surface area contributed by atoms with Gasteiger partial charge in [0, 0.05) is 11.5 Å². The monoisotopic (exact) mass is 327 g/mol. The van der Waals surface area contributed by atoms with Crippen molar-refractivity contribution in [3.63, 3.8) is 0 Å². The molecular formula is C15H19ClFN3S. The summed E-state index contributed by atoms with van der Waals surface area (Å²) in [6.07, 6.45) is 0.664. The second kappa shape index (κ2) is 6.38. The molecule has 1 N–H and O–H groups in total. The second-order valence-electron chi connectivity index (χ2n) is 6.03. The molecule has 0 saturated heterocycles. The Kier molecular flexibility index (Phi) is 4.96. The number of aromatic nitrogens is 2. The molecule has 1 aromatic carbocycles. The molecule has 3 nitrogen and oxygen atoms in total. The zero-order valence-electron chi connectivity index (χ0n) is 12.6. The van der Waals surface area contributed by atoms with Crippen LogP contribution in [0.15, 0.2) is 18.2 Å². The minimum Gasteiger partial charge on any atom is -0.312 e. The van der Waals surface area contributed by atoms with Crippen molar-refractivity contribution in [3.8, 4) is 0 Å². The number of rotatable bonds is 4. The first kappa shape index (κ1) is 16.3. The van der Waals surface area contributed by atoms with Crippen LogP contribution in [0.1, 0.15) is 42.9 Å². The molecule has 21 heavy (non-hydrogen) atoms. The average molecular weight is 328 g/mol. The maximum Gasteiger partial charge on any atom is 0.142 e. The quantitative estimate of drug-likeness (QED) is 0.917. The van der Waals surface area contributed by atoms with Gasteiger partial charge < -0.3 is 5.32 Å². The van der Waals surface area contributed by atoms with E-state index >= 15 is 0 Å². The molecule has 0 bridgehead atoms. The Labute approximate surface area is 133 Å². The summed E-state index contributed by atoms with van der Waals surface area (Å²) in [7, 11) is 1.89. The molecule has 0 aliphatic heterocycles. The van der Waals surface area contributed by atoms with E-state index in [9.17, 15) is 4.39 Å². The van der Waals surface area contributed by atoms with Crippen LogP contribution in [0.2, 0.25) is 5.02 Å². The van der Waals surface area contributed by atoms with Crippen molar-refractivity contribution in [3.05, 3.63) is 45.2 Å². The molecule has 1 aromatic heterocycles. The van der Waals surface area contributed by atoms with Crippen LogP contribution >= 0.6 is 23.1 Å². The van der Waals surface area contributed by atoms with Gasteiger partial charge in [0.2, 0.25) is 0 Å². The predicted octanol–water partition coefficient (Wildman–Crippen LogP) is 4.13. The van der Waals surface area contributed by atoms with Crippen LogP contribution in [0, 0.1) is 5.82 Å². The molecule has 2 aromatic rings. The lowest BCUT2D eigenvalue weighted by Gasteiger charge is -2.21. The molecular weight excluding hydrogens is 309 g/mol. The Morgan fingerprint density at radius 2 is 2.10 bits per heavy atom. The highest BCUT2D eigenvalue weighted by Crippen LogP contribution is 2.32. The van der Waals surface area contributed by atoms with Gasteiger partial charge in [0.25, 0.3) is 0 Å². The van der Waals surface area contributed by atoms with E-state index in [4.69, 9.17) is 11.6 Å². The van der Waals surface area contributed by atoms with Crippen molar-refractivity contribution in [2.75, 3.05) is 7.05 Å². The minimum absolute atomic E-state index is 0.0554. The van der Waals surface area contributed by atoms with E-state index in [1.807, 2.05) is 13.1 Å². The molecule has 0 fully saturated rings. The Morgan fingerprint density at radius 1 is 1.38 bits per heavy atom. The van der Waals surface area contributed by atoms with Crippen LogP contribution in [0.25, 0.3) is 0 Å². The molecule has 1 unspecified atom stereocenters. The molecule has 1 atom stereocenters. The van der Waals surface area contributed by atoms with Gasteiger partial charge in [0.05, 0.1) is 15.6 Å². The highest BCUT2D eigenvalue weighted by Gasteiger charge is 2.26. The van der Waals surface area contributed by atoms with Crippen molar-refractivity contribution in [1.82, 2.24) is 14.9 Å². The number of hydrogen-bond acceptors (Lipinski definition) is 4.